The van der Waals surface area contributed by atoms with Gasteiger partial charge in [0.2, 0.25) is 0 Å². The van der Waals surface area contributed by atoms with Gasteiger partial charge in [-0.1, -0.05) is 6.07 Å². The van der Waals surface area contributed by atoms with Crippen LogP contribution in [0.5, 0.6) is 0 Å². The summed E-state index contributed by atoms with van der Waals surface area (Å²) >= 11 is 0. The summed E-state index contributed by atoms with van der Waals surface area (Å²) in [4.78, 5) is 16.7. The molecule has 3 rings (SSSR count). The lowest BCUT2D eigenvalue weighted by molar-refractivity contribution is 0.0951. The Hall–Kier alpha value is -2.60. The molecule has 0 radical (unpaired) electrons. The van der Waals surface area contributed by atoms with E-state index in [-0.39, 0.29) is 11.7 Å². The number of nitrogens with zero attached hydrogens (tertiary/aromatic N) is 2. The van der Waals surface area contributed by atoms with E-state index in [9.17, 15) is 9.18 Å². The summed E-state index contributed by atoms with van der Waals surface area (Å²) < 4.78 is 12.9. The second-order valence-corrected chi connectivity index (χ2v) is 6.37. The number of carbonyl (C=O) groups is 1. The second kappa shape index (κ2) is 7.53. The third-order valence-electron chi connectivity index (χ3n) is 4.50. The van der Waals surface area contributed by atoms with Crippen molar-refractivity contribution >= 4 is 17.3 Å². The molecule has 2 aromatic rings. The predicted octanol–water partition coefficient (Wildman–Crippen LogP) is 2.09. The number of rotatable bonds is 4. The van der Waals surface area contributed by atoms with Crippen molar-refractivity contribution in [3.05, 3.63) is 59.4 Å². The minimum Gasteiger partial charge on any atom is -0.397 e. The van der Waals surface area contributed by atoms with E-state index in [4.69, 9.17) is 5.73 Å². The molecule has 0 unspecified atom stereocenters. The van der Waals surface area contributed by atoms with Crippen LogP contribution in [0.2, 0.25) is 0 Å². The van der Waals surface area contributed by atoms with Crippen LogP contribution in [0.15, 0.2) is 42.5 Å². The highest BCUT2D eigenvalue weighted by Gasteiger charge is 2.16. The highest BCUT2D eigenvalue weighted by atomic mass is 19.1. The maximum absolute atomic E-state index is 12.9. The Morgan fingerprint density at radius 2 is 1.80 bits per heavy atom. The van der Waals surface area contributed by atoms with Gasteiger partial charge in [-0.05, 0) is 49.0 Å². The van der Waals surface area contributed by atoms with E-state index in [0.29, 0.717) is 12.1 Å². The Morgan fingerprint density at radius 3 is 2.44 bits per heavy atom. The average Bonchev–Trinajstić information content (AvgIpc) is 2.61. The molecule has 1 heterocycles. The monoisotopic (exact) mass is 342 g/mol. The molecule has 1 aliphatic rings. The van der Waals surface area contributed by atoms with E-state index in [2.05, 4.69) is 22.2 Å². The largest absolute Gasteiger partial charge is 0.397 e. The summed E-state index contributed by atoms with van der Waals surface area (Å²) in [5.41, 5.74) is 9.34. The molecule has 2 aromatic carbocycles. The number of hydrogen-bond acceptors (Lipinski definition) is 4. The van der Waals surface area contributed by atoms with Crippen molar-refractivity contribution in [2.75, 3.05) is 43.9 Å². The fourth-order valence-electron chi connectivity index (χ4n) is 2.93. The second-order valence-electron chi connectivity index (χ2n) is 6.37. The van der Waals surface area contributed by atoms with E-state index in [1.54, 1.807) is 0 Å². The van der Waals surface area contributed by atoms with Crippen molar-refractivity contribution < 1.29 is 9.18 Å². The first-order chi connectivity index (χ1) is 12.0. The minimum atomic E-state index is -0.358. The summed E-state index contributed by atoms with van der Waals surface area (Å²) in [6, 6.07) is 11.4. The van der Waals surface area contributed by atoms with Crippen LogP contribution in [0.25, 0.3) is 0 Å². The van der Waals surface area contributed by atoms with Crippen molar-refractivity contribution in [1.82, 2.24) is 10.2 Å². The Labute approximate surface area is 147 Å². The number of hydrogen-bond donors (Lipinski definition) is 2. The van der Waals surface area contributed by atoms with Crippen molar-refractivity contribution in [2.24, 2.45) is 0 Å². The van der Waals surface area contributed by atoms with Gasteiger partial charge in [0.1, 0.15) is 5.82 Å². The van der Waals surface area contributed by atoms with Gasteiger partial charge in [0.15, 0.2) is 0 Å². The molecule has 132 valence electrons. The van der Waals surface area contributed by atoms with E-state index >= 15 is 0 Å². The normalized spacial score (nSPS) is 15.2. The number of nitrogens with two attached hydrogens (primary N) is 1. The van der Waals surface area contributed by atoms with E-state index in [1.165, 1.54) is 24.3 Å². The lowest BCUT2D eigenvalue weighted by Crippen LogP contribution is -2.44. The maximum Gasteiger partial charge on any atom is 0.251 e. The molecule has 0 atom stereocenters. The van der Waals surface area contributed by atoms with Gasteiger partial charge in [0.05, 0.1) is 11.4 Å². The molecule has 0 aromatic heterocycles. The average molecular weight is 342 g/mol. The number of benzene rings is 2. The Balaban J connectivity index is 1.61. The third-order valence-corrected chi connectivity index (χ3v) is 4.50. The number of amides is 1. The zero-order valence-electron chi connectivity index (χ0n) is 14.3. The topological polar surface area (TPSA) is 61.6 Å². The number of nitrogens with one attached hydrogen (secondary N) is 1. The fraction of sp³-hybridized carbons (Fsp3) is 0.316. The van der Waals surface area contributed by atoms with E-state index in [0.717, 1.165) is 43.1 Å². The van der Waals surface area contributed by atoms with Crippen LogP contribution >= 0.6 is 0 Å². The number of likely N-dealkylation sites (N-methyl/N-ethyl adjacent to an activating group) is 1. The smallest absolute Gasteiger partial charge is 0.251 e. The van der Waals surface area contributed by atoms with Crippen LogP contribution in [-0.4, -0.2) is 44.0 Å². The Kier molecular flexibility index (Phi) is 5.19. The molecule has 0 aliphatic carbocycles. The summed E-state index contributed by atoms with van der Waals surface area (Å²) in [5.74, 6) is -0.592. The molecule has 3 N–H and O–H groups in total. The maximum atomic E-state index is 12.9. The molecule has 0 saturated carbocycles. The Morgan fingerprint density at radius 1 is 1.12 bits per heavy atom. The van der Waals surface area contributed by atoms with Crippen molar-refractivity contribution in [3.63, 3.8) is 0 Å². The van der Waals surface area contributed by atoms with Gasteiger partial charge < -0.3 is 20.9 Å². The molecule has 0 bridgehead atoms. The number of carbonyl (C=O) groups excluding carboxylic acids is 1. The van der Waals surface area contributed by atoms with Gasteiger partial charge in [0.25, 0.3) is 5.91 Å². The van der Waals surface area contributed by atoms with Crippen LogP contribution < -0.4 is 16.0 Å². The van der Waals surface area contributed by atoms with Crippen LogP contribution in [0.3, 0.4) is 0 Å². The zero-order chi connectivity index (χ0) is 17.8. The number of piperazine rings is 1. The van der Waals surface area contributed by atoms with E-state index < -0.39 is 0 Å². The van der Waals surface area contributed by atoms with Gasteiger partial charge in [0, 0.05) is 38.3 Å². The van der Waals surface area contributed by atoms with Crippen molar-refractivity contribution in [1.29, 1.82) is 0 Å². The highest BCUT2D eigenvalue weighted by Crippen LogP contribution is 2.25. The first-order valence-corrected chi connectivity index (χ1v) is 8.38. The Bertz CT molecular complexity index is 740. The van der Waals surface area contributed by atoms with Gasteiger partial charge in [-0.3, -0.25) is 4.79 Å². The highest BCUT2D eigenvalue weighted by molar-refractivity contribution is 5.94. The molecule has 6 heteroatoms. The number of nitrogen functional groups attached to an aromatic ring is 1. The van der Waals surface area contributed by atoms with Gasteiger partial charge in [-0.2, -0.15) is 0 Å². The first-order valence-electron chi connectivity index (χ1n) is 8.38. The molecule has 0 spiro atoms. The first kappa shape index (κ1) is 17.2. The molecule has 5 nitrogen and oxygen atoms in total. The molecular formula is C19H23FN4O. The molecular weight excluding hydrogens is 319 g/mol. The zero-order valence-corrected chi connectivity index (χ0v) is 14.3. The van der Waals surface area contributed by atoms with Gasteiger partial charge in [-0.25, -0.2) is 4.39 Å². The summed E-state index contributed by atoms with van der Waals surface area (Å²) in [6.07, 6.45) is 0. The van der Waals surface area contributed by atoms with Crippen molar-refractivity contribution in [2.45, 2.75) is 6.54 Å². The summed E-state index contributed by atoms with van der Waals surface area (Å²) in [7, 11) is 2.12. The molecule has 25 heavy (non-hydrogen) atoms. The lowest BCUT2D eigenvalue weighted by atomic mass is 10.1. The SMILES string of the molecule is CN1CCN(c2ccc(CNC(=O)c3ccc(F)cc3)cc2N)CC1. The van der Waals surface area contributed by atoms with Crippen LogP contribution in [-0.2, 0) is 6.54 Å². The summed E-state index contributed by atoms with van der Waals surface area (Å²) in [6.45, 7) is 4.34. The number of anilines is 2. The van der Waals surface area contributed by atoms with Gasteiger partial charge in [-0.15, -0.1) is 0 Å². The standard InChI is InChI=1S/C19H23FN4O/c1-23-8-10-24(11-9-23)18-7-2-14(12-17(18)21)13-22-19(25)15-3-5-16(20)6-4-15/h2-7,12H,8-11,13,21H2,1H3,(H,22,25). The van der Waals surface area contributed by atoms with Crippen LogP contribution in [0, 0.1) is 5.82 Å². The predicted molar refractivity (Wildman–Crippen MR) is 98.1 cm³/mol. The van der Waals surface area contributed by atoms with Crippen LogP contribution in [0.4, 0.5) is 15.8 Å². The summed E-state index contributed by atoms with van der Waals surface area (Å²) in [5, 5.41) is 2.83. The van der Waals surface area contributed by atoms with Gasteiger partial charge >= 0.3 is 0 Å². The third kappa shape index (κ3) is 4.28. The van der Waals surface area contributed by atoms with Crippen LogP contribution in [0.1, 0.15) is 15.9 Å². The van der Waals surface area contributed by atoms with Crippen molar-refractivity contribution in [3.8, 4) is 0 Å². The molecule has 1 aliphatic heterocycles. The minimum absolute atomic E-state index is 0.235. The molecule has 1 amide bonds. The number of halogens is 1. The quantitative estimate of drug-likeness (QED) is 0.836. The molecule has 1 saturated heterocycles. The molecule has 1 fully saturated rings. The fourth-order valence-corrected chi connectivity index (χ4v) is 2.93. The lowest BCUT2D eigenvalue weighted by Gasteiger charge is -2.34. The van der Waals surface area contributed by atoms with E-state index in [1.807, 2.05) is 18.2 Å².